The number of hydrogen-bond acceptors (Lipinski definition) is 4. The summed E-state index contributed by atoms with van der Waals surface area (Å²) in [4.78, 5) is 4.94. The maximum atomic E-state index is 14.0. The van der Waals surface area contributed by atoms with E-state index in [1.807, 2.05) is 24.3 Å². The van der Waals surface area contributed by atoms with Crippen LogP contribution in [0.15, 0.2) is 51.7 Å². The van der Waals surface area contributed by atoms with Crippen LogP contribution in [0.2, 0.25) is 0 Å². The SMILES string of the molecule is N=C(N)c1ccc(Sc2nc3ccccc3s2)c(F)c1. The molecule has 100 valence electrons. The maximum absolute atomic E-state index is 14.0. The highest BCUT2D eigenvalue weighted by Gasteiger charge is 2.10. The molecule has 0 spiro atoms. The number of nitrogens with zero attached hydrogens (tertiary/aromatic N) is 1. The number of nitrogen functional groups attached to an aromatic ring is 1. The van der Waals surface area contributed by atoms with Gasteiger partial charge in [-0.3, -0.25) is 5.41 Å². The first-order valence-corrected chi connectivity index (χ1v) is 7.44. The Labute approximate surface area is 123 Å². The van der Waals surface area contributed by atoms with E-state index in [1.54, 1.807) is 12.1 Å². The summed E-state index contributed by atoms with van der Waals surface area (Å²) >= 11 is 2.81. The fourth-order valence-corrected chi connectivity index (χ4v) is 3.77. The Morgan fingerprint density at radius 2 is 2.05 bits per heavy atom. The van der Waals surface area contributed by atoms with Crippen LogP contribution in [0.3, 0.4) is 0 Å². The van der Waals surface area contributed by atoms with Gasteiger partial charge in [0.05, 0.1) is 15.1 Å². The van der Waals surface area contributed by atoms with Crippen molar-refractivity contribution in [2.75, 3.05) is 0 Å². The van der Waals surface area contributed by atoms with Crippen LogP contribution in [0.25, 0.3) is 10.2 Å². The minimum Gasteiger partial charge on any atom is -0.384 e. The summed E-state index contributed by atoms with van der Waals surface area (Å²) in [5.74, 6) is -0.526. The quantitative estimate of drug-likeness (QED) is 0.570. The lowest BCUT2D eigenvalue weighted by Crippen LogP contribution is -2.11. The van der Waals surface area contributed by atoms with Gasteiger partial charge in [0, 0.05) is 5.56 Å². The third kappa shape index (κ3) is 2.52. The summed E-state index contributed by atoms with van der Waals surface area (Å²) in [5.41, 5.74) is 6.64. The highest BCUT2D eigenvalue weighted by molar-refractivity contribution is 8.01. The molecule has 0 radical (unpaired) electrons. The van der Waals surface area contributed by atoms with Crippen LogP contribution in [-0.2, 0) is 0 Å². The second kappa shape index (κ2) is 5.22. The summed E-state index contributed by atoms with van der Waals surface area (Å²) in [6.07, 6.45) is 0. The fraction of sp³-hybridized carbons (Fsp3) is 0. The first kappa shape index (κ1) is 13.1. The van der Waals surface area contributed by atoms with Crippen LogP contribution >= 0.6 is 23.1 Å². The molecule has 0 atom stereocenters. The van der Waals surface area contributed by atoms with Gasteiger partial charge in [0.25, 0.3) is 0 Å². The Morgan fingerprint density at radius 3 is 2.75 bits per heavy atom. The first-order valence-electron chi connectivity index (χ1n) is 5.81. The minimum atomic E-state index is -0.387. The average Bonchev–Trinajstić information content (AvgIpc) is 2.83. The van der Waals surface area contributed by atoms with Crippen molar-refractivity contribution in [3.63, 3.8) is 0 Å². The lowest BCUT2D eigenvalue weighted by molar-refractivity contribution is 0.601. The zero-order valence-electron chi connectivity index (χ0n) is 10.3. The number of nitrogens with two attached hydrogens (primary N) is 1. The number of benzene rings is 2. The Bertz CT molecular complexity index is 765. The van der Waals surface area contributed by atoms with E-state index >= 15 is 0 Å². The van der Waals surface area contributed by atoms with Gasteiger partial charge in [-0.2, -0.15) is 0 Å². The number of amidine groups is 1. The van der Waals surface area contributed by atoms with Crippen molar-refractivity contribution in [1.82, 2.24) is 4.98 Å². The van der Waals surface area contributed by atoms with E-state index in [9.17, 15) is 4.39 Å². The van der Waals surface area contributed by atoms with Gasteiger partial charge in [0.2, 0.25) is 0 Å². The van der Waals surface area contributed by atoms with Gasteiger partial charge in [-0.25, -0.2) is 9.37 Å². The zero-order chi connectivity index (χ0) is 14.1. The molecule has 0 fully saturated rings. The third-order valence-electron chi connectivity index (χ3n) is 2.71. The standard InChI is InChI=1S/C14H10FN3S2/c15-9-7-8(13(16)17)5-6-11(9)19-14-18-10-3-1-2-4-12(10)20-14/h1-7H,(H3,16,17). The number of hydrogen-bond donors (Lipinski definition) is 2. The lowest BCUT2D eigenvalue weighted by atomic mass is 10.2. The second-order valence-electron chi connectivity index (χ2n) is 4.11. The van der Waals surface area contributed by atoms with Crippen molar-refractivity contribution in [3.8, 4) is 0 Å². The molecule has 0 bridgehead atoms. The summed E-state index contributed by atoms with van der Waals surface area (Å²) in [6.45, 7) is 0. The molecule has 0 aliphatic rings. The molecule has 3 aromatic rings. The van der Waals surface area contributed by atoms with Crippen LogP contribution < -0.4 is 5.73 Å². The minimum absolute atomic E-state index is 0.138. The molecule has 2 aromatic carbocycles. The van der Waals surface area contributed by atoms with E-state index in [0.29, 0.717) is 10.5 Å². The molecular weight excluding hydrogens is 293 g/mol. The molecule has 0 aliphatic carbocycles. The van der Waals surface area contributed by atoms with E-state index in [4.69, 9.17) is 11.1 Å². The Hall–Kier alpha value is -1.92. The van der Waals surface area contributed by atoms with Gasteiger partial charge in [0.1, 0.15) is 11.7 Å². The van der Waals surface area contributed by atoms with E-state index < -0.39 is 0 Å². The largest absolute Gasteiger partial charge is 0.384 e. The molecule has 0 unspecified atom stereocenters. The Morgan fingerprint density at radius 1 is 1.25 bits per heavy atom. The van der Waals surface area contributed by atoms with Crippen LogP contribution in [0.1, 0.15) is 5.56 Å². The van der Waals surface area contributed by atoms with E-state index in [-0.39, 0.29) is 11.7 Å². The average molecular weight is 303 g/mol. The Kier molecular flexibility index (Phi) is 3.42. The van der Waals surface area contributed by atoms with E-state index in [1.165, 1.54) is 29.2 Å². The van der Waals surface area contributed by atoms with Crippen molar-refractivity contribution in [3.05, 3.63) is 53.8 Å². The molecule has 6 heteroatoms. The predicted molar refractivity (Wildman–Crippen MR) is 81.2 cm³/mol. The highest BCUT2D eigenvalue weighted by Crippen LogP contribution is 2.35. The van der Waals surface area contributed by atoms with Crippen LogP contribution in [0.5, 0.6) is 0 Å². The monoisotopic (exact) mass is 303 g/mol. The topological polar surface area (TPSA) is 62.8 Å². The second-order valence-corrected chi connectivity index (χ2v) is 6.43. The number of nitrogens with one attached hydrogen (secondary N) is 1. The molecule has 3 N–H and O–H groups in total. The number of fused-ring (bicyclic) bond motifs is 1. The van der Waals surface area contributed by atoms with Gasteiger partial charge in [-0.15, -0.1) is 11.3 Å². The number of halogens is 1. The summed E-state index contributed by atoms with van der Waals surface area (Å²) in [6, 6.07) is 12.4. The predicted octanol–water partition coefficient (Wildman–Crippen LogP) is 3.87. The molecule has 20 heavy (non-hydrogen) atoms. The highest BCUT2D eigenvalue weighted by atomic mass is 32.2. The van der Waals surface area contributed by atoms with E-state index in [2.05, 4.69) is 4.98 Å². The molecule has 0 saturated carbocycles. The zero-order valence-corrected chi connectivity index (χ0v) is 11.9. The van der Waals surface area contributed by atoms with Crippen molar-refractivity contribution < 1.29 is 4.39 Å². The fourth-order valence-electron chi connectivity index (χ4n) is 1.74. The van der Waals surface area contributed by atoms with Crippen LogP contribution in [-0.4, -0.2) is 10.8 Å². The maximum Gasteiger partial charge on any atom is 0.156 e. The summed E-state index contributed by atoms with van der Waals surface area (Å²) in [5, 5.41) is 7.29. The summed E-state index contributed by atoms with van der Waals surface area (Å²) in [7, 11) is 0. The molecule has 3 rings (SSSR count). The first-order chi connectivity index (χ1) is 9.63. The van der Waals surface area contributed by atoms with Crippen LogP contribution in [0.4, 0.5) is 4.39 Å². The third-order valence-corrected chi connectivity index (χ3v) is 4.86. The smallest absolute Gasteiger partial charge is 0.156 e. The lowest BCUT2D eigenvalue weighted by Gasteiger charge is -2.03. The van der Waals surface area contributed by atoms with Crippen molar-refractivity contribution >= 4 is 39.2 Å². The molecular formula is C14H10FN3S2. The van der Waals surface area contributed by atoms with Gasteiger partial charge >= 0.3 is 0 Å². The normalized spacial score (nSPS) is 10.8. The Balaban J connectivity index is 1.92. The van der Waals surface area contributed by atoms with Gasteiger partial charge < -0.3 is 5.73 Å². The molecule has 1 heterocycles. The van der Waals surface area contributed by atoms with Crippen LogP contribution in [0, 0.1) is 11.2 Å². The van der Waals surface area contributed by atoms with E-state index in [0.717, 1.165) is 14.6 Å². The number of aromatic nitrogens is 1. The van der Waals surface area contributed by atoms with Gasteiger partial charge in [-0.05, 0) is 30.3 Å². The number of para-hydroxylation sites is 1. The molecule has 0 aliphatic heterocycles. The number of thiazole rings is 1. The number of rotatable bonds is 3. The molecule has 3 nitrogen and oxygen atoms in total. The van der Waals surface area contributed by atoms with Crippen molar-refractivity contribution in [2.45, 2.75) is 9.24 Å². The van der Waals surface area contributed by atoms with Crippen molar-refractivity contribution in [1.29, 1.82) is 5.41 Å². The molecule has 0 saturated heterocycles. The summed E-state index contributed by atoms with van der Waals surface area (Å²) < 4.78 is 15.8. The molecule has 0 amide bonds. The molecule has 1 aromatic heterocycles. The van der Waals surface area contributed by atoms with Gasteiger partial charge in [0.15, 0.2) is 4.34 Å². The van der Waals surface area contributed by atoms with Gasteiger partial charge in [-0.1, -0.05) is 23.9 Å². The van der Waals surface area contributed by atoms with Crippen molar-refractivity contribution in [2.24, 2.45) is 5.73 Å².